The highest BCUT2D eigenvalue weighted by Crippen LogP contribution is 2.18. The van der Waals surface area contributed by atoms with Gasteiger partial charge < -0.3 is 19.0 Å². The number of ether oxygens (including phenoxy) is 1. The number of para-hydroxylation sites is 1. The first kappa shape index (κ1) is 14.9. The number of carbonyl (C=O) groups is 2. The van der Waals surface area contributed by atoms with Gasteiger partial charge in [-0.3, -0.25) is 4.79 Å². The molecule has 0 unspecified atom stereocenters. The first-order chi connectivity index (χ1) is 11.1. The van der Waals surface area contributed by atoms with E-state index in [0.29, 0.717) is 17.9 Å². The minimum atomic E-state index is -0.526. The van der Waals surface area contributed by atoms with Crippen molar-refractivity contribution in [1.29, 1.82) is 0 Å². The summed E-state index contributed by atoms with van der Waals surface area (Å²) in [5.74, 6) is -0.152. The van der Waals surface area contributed by atoms with Crippen LogP contribution in [0.5, 0.6) is 0 Å². The van der Waals surface area contributed by atoms with Crippen molar-refractivity contribution in [2.24, 2.45) is 0 Å². The molecule has 23 heavy (non-hydrogen) atoms. The normalized spacial score (nSPS) is 10.7. The molecule has 1 aromatic carbocycles. The van der Waals surface area contributed by atoms with E-state index in [4.69, 9.17) is 9.15 Å². The molecular weight excluding hydrogens is 296 g/mol. The van der Waals surface area contributed by atoms with Crippen molar-refractivity contribution in [3.8, 4) is 0 Å². The molecule has 3 rings (SSSR count). The van der Waals surface area contributed by atoms with Crippen molar-refractivity contribution >= 4 is 22.8 Å². The van der Waals surface area contributed by atoms with E-state index < -0.39 is 5.97 Å². The zero-order valence-corrected chi connectivity index (χ0v) is 12.6. The van der Waals surface area contributed by atoms with E-state index in [2.05, 4.69) is 4.98 Å². The molecule has 0 aliphatic carbocycles. The van der Waals surface area contributed by atoms with Crippen LogP contribution in [0.1, 0.15) is 16.1 Å². The number of hydrogen-bond donors (Lipinski definition) is 1. The number of fused-ring (bicyclic) bond motifs is 1. The van der Waals surface area contributed by atoms with Gasteiger partial charge in [-0.15, -0.1) is 0 Å². The number of likely N-dealkylation sites (N-methyl/N-ethyl adjacent to an activating group) is 1. The molecule has 0 aliphatic rings. The van der Waals surface area contributed by atoms with Gasteiger partial charge in [0.25, 0.3) is 5.91 Å². The van der Waals surface area contributed by atoms with Crippen molar-refractivity contribution in [2.75, 3.05) is 13.7 Å². The number of carbonyl (C=O) groups excluding carboxylic acids is 2. The maximum atomic E-state index is 12.1. The molecule has 2 aromatic heterocycles. The lowest BCUT2D eigenvalue weighted by molar-refractivity contribution is -0.133. The van der Waals surface area contributed by atoms with Crippen LogP contribution in [0.15, 0.2) is 53.3 Å². The molecule has 0 radical (unpaired) electrons. The number of benzene rings is 1. The van der Waals surface area contributed by atoms with Crippen LogP contribution in [-0.4, -0.2) is 35.4 Å². The number of aromatic nitrogens is 1. The maximum absolute atomic E-state index is 12.1. The third kappa shape index (κ3) is 3.26. The Morgan fingerprint density at radius 2 is 2.04 bits per heavy atom. The molecule has 2 heterocycles. The predicted octanol–water partition coefficient (Wildman–Crippen LogP) is 2.58. The highest BCUT2D eigenvalue weighted by atomic mass is 16.5. The average molecular weight is 312 g/mol. The van der Waals surface area contributed by atoms with E-state index >= 15 is 0 Å². The molecule has 0 saturated heterocycles. The SMILES string of the molecule is CN(Cc1ccco1)C(=O)COC(=O)c1c[nH]c2ccccc12. The molecule has 1 amide bonds. The second kappa shape index (κ2) is 6.39. The molecule has 0 aliphatic heterocycles. The van der Waals surface area contributed by atoms with Crippen LogP contribution < -0.4 is 0 Å². The largest absolute Gasteiger partial charge is 0.467 e. The lowest BCUT2D eigenvalue weighted by Gasteiger charge is -2.15. The fourth-order valence-electron chi connectivity index (χ4n) is 2.28. The Hall–Kier alpha value is -3.02. The number of esters is 1. The van der Waals surface area contributed by atoms with Gasteiger partial charge in [0.2, 0.25) is 0 Å². The van der Waals surface area contributed by atoms with Crippen molar-refractivity contribution in [1.82, 2.24) is 9.88 Å². The molecular formula is C17H16N2O4. The topological polar surface area (TPSA) is 75.5 Å². The molecule has 0 atom stereocenters. The number of nitrogens with zero attached hydrogens (tertiary/aromatic N) is 1. The predicted molar refractivity (Wildman–Crippen MR) is 83.8 cm³/mol. The molecule has 6 nitrogen and oxygen atoms in total. The van der Waals surface area contributed by atoms with E-state index in [-0.39, 0.29) is 12.5 Å². The van der Waals surface area contributed by atoms with Crippen LogP contribution in [0.2, 0.25) is 0 Å². The zero-order chi connectivity index (χ0) is 16.2. The molecule has 0 bridgehead atoms. The summed E-state index contributed by atoms with van der Waals surface area (Å²) in [7, 11) is 1.63. The van der Waals surface area contributed by atoms with Crippen LogP contribution >= 0.6 is 0 Å². The van der Waals surface area contributed by atoms with E-state index in [1.54, 1.807) is 31.6 Å². The summed E-state index contributed by atoms with van der Waals surface area (Å²) in [5, 5.41) is 0.772. The summed E-state index contributed by atoms with van der Waals surface area (Å²) in [5.41, 5.74) is 1.27. The number of H-pyrrole nitrogens is 1. The molecule has 118 valence electrons. The minimum Gasteiger partial charge on any atom is -0.467 e. The van der Waals surface area contributed by atoms with E-state index in [0.717, 1.165) is 10.9 Å². The third-order valence-electron chi connectivity index (χ3n) is 3.53. The average Bonchev–Trinajstić information content (AvgIpc) is 3.21. The molecule has 0 saturated carbocycles. The Morgan fingerprint density at radius 3 is 2.83 bits per heavy atom. The lowest BCUT2D eigenvalue weighted by Crippen LogP contribution is -2.30. The smallest absolute Gasteiger partial charge is 0.340 e. The Labute approximate surface area is 132 Å². The van der Waals surface area contributed by atoms with Gasteiger partial charge in [0, 0.05) is 24.1 Å². The molecule has 0 fully saturated rings. The van der Waals surface area contributed by atoms with Crippen LogP contribution in [0.4, 0.5) is 0 Å². The summed E-state index contributed by atoms with van der Waals surface area (Å²) in [4.78, 5) is 28.6. The molecule has 6 heteroatoms. The summed E-state index contributed by atoms with van der Waals surface area (Å²) >= 11 is 0. The zero-order valence-electron chi connectivity index (χ0n) is 12.6. The Kier molecular flexibility index (Phi) is 4.14. The quantitative estimate of drug-likeness (QED) is 0.735. The first-order valence-electron chi connectivity index (χ1n) is 7.15. The minimum absolute atomic E-state index is 0.297. The summed E-state index contributed by atoms with van der Waals surface area (Å²) in [6.45, 7) is 0.0199. The van der Waals surface area contributed by atoms with Gasteiger partial charge in [-0.2, -0.15) is 0 Å². The van der Waals surface area contributed by atoms with Crippen molar-refractivity contribution in [3.63, 3.8) is 0 Å². The summed E-state index contributed by atoms with van der Waals surface area (Å²) in [6.07, 6.45) is 3.13. The monoisotopic (exact) mass is 312 g/mol. The molecule has 0 spiro atoms. The highest BCUT2D eigenvalue weighted by Gasteiger charge is 2.17. The van der Waals surface area contributed by atoms with E-state index in [1.165, 1.54) is 4.90 Å². The van der Waals surface area contributed by atoms with Crippen LogP contribution in [0.3, 0.4) is 0 Å². The van der Waals surface area contributed by atoms with Crippen molar-refractivity contribution < 1.29 is 18.7 Å². The fourth-order valence-corrected chi connectivity index (χ4v) is 2.28. The van der Waals surface area contributed by atoms with Crippen LogP contribution in [-0.2, 0) is 16.1 Å². The Balaban J connectivity index is 1.59. The lowest BCUT2D eigenvalue weighted by atomic mass is 10.2. The van der Waals surface area contributed by atoms with Crippen LogP contribution in [0.25, 0.3) is 10.9 Å². The number of rotatable bonds is 5. The highest BCUT2D eigenvalue weighted by molar-refractivity contribution is 6.04. The Morgan fingerprint density at radius 1 is 1.22 bits per heavy atom. The Bertz CT molecular complexity index is 820. The van der Waals surface area contributed by atoms with Gasteiger partial charge in [0.15, 0.2) is 6.61 Å². The maximum Gasteiger partial charge on any atom is 0.340 e. The van der Waals surface area contributed by atoms with E-state index in [1.807, 2.05) is 24.3 Å². The van der Waals surface area contributed by atoms with Gasteiger partial charge in [-0.25, -0.2) is 4.79 Å². The van der Waals surface area contributed by atoms with Gasteiger partial charge in [-0.05, 0) is 18.2 Å². The van der Waals surface area contributed by atoms with Gasteiger partial charge in [0.05, 0.1) is 18.4 Å². The van der Waals surface area contributed by atoms with Crippen molar-refractivity contribution in [3.05, 3.63) is 60.2 Å². The summed E-state index contributed by atoms with van der Waals surface area (Å²) in [6, 6.07) is 10.9. The second-order valence-corrected chi connectivity index (χ2v) is 5.15. The standard InChI is InChI=1S/C17H16N2O4/c1-19(10-12-5-4-8-22-12)16(20)11-23-17(21)14-9-18-15-7-3-2-6-13(14)15/h2-9,18H,10-11H2,1H3. The fraction of sp³-hybridized carbons (Fsp3) is 0.176. The summed E-state index contributed by atoms with van der Waals surface area (Å²) < 4.78 is 10.3. The number of aromatic amines is 1. The van der Waals surface area contributed by atoms with Gasteiger partial charge in [0.1, 0.15) is 5.76 Å². The first-order valence-corrected chi connectivity index (χ1v) is 7.15. The van der Waals surface area contributed by atoms with Crippen molar-refractivity contribution in [2.45, 2.75) is 6.54 Å². The van der Waals surface area contributed by atoms with Gasteiger partial charge >= 0.3 is 5.97 Å². The number of hydrogen-bond acceptors (Lipinski definition) is 4. The number of furan rings is 1. The molecule has 1 N–H and O–H groups in total. The molecule has 3 aromatic rings. The second-order valence-electron chi connectivity index (χ2n) is 5.15. The van der Waals surface area contributed by atoms with Gasteiger partial charge in [-0.1, -0.05) is 18.2 Å². The third-order valence-corrected chi connectivity index (χ3v) is 3.53. The number of nitrogens with one attached hydrogen (secondary N) is 1. The number of amides is 1. The van der Waals surface area contributed by atoms with Crippen LogP contribution in [0, 0.1) is 0 Å². The van der Waals surface area contributed by atoms with E-state index in [9.17, 15) is 9.59 Å².